The highest BCUT2D eigenvalue weighted by molar-refractivity contribution is 7.83. The van der Waals surface area contributed by atoms with Gasteiger partial charge in [0.2, 0.25) is 0 Å². The molecule has 1 rings (SSSR count). The molecule has 0 aliphatic heterocycles. The zero-order valence-corrected chi connectivity index (χ0v) is 9.86. The third-order valence-electron chi connectivity index (χ3n) is 2.48. The Hall–Kier alpha value is -0.980. The number of alkyl halides is 1. The van der Waals surface area contributed by atoms with Gasteiger partial charge in [0.15, 0.2) is 0 Å². The minimum Gasteiger partial charge on any atom is -0.273 e. The standard InChI is InChI=1S/C10H14FNO3S/c1-8(12(2)16(13,14)15)10(11)9-6-4-3-5-7-9/h3-8,10H,1-2H3,(H,13,14,15)/t8-,10-/m0/s1/i11-1. The van der Waals surface area contributed by atoms with Gasteiger partial charge in [-0.05, 0) is 12.5 Å². The molecule has 0 radical (unpaired) electrons. The minimum atomic E-state index is -4.36. The number of rotatable bonds is 4. The van der Waals surface area contributed by atoms with Crippen LogP contribution in [0.2, 0.25) is 0 Å². The van der Waals surface area contributed by atoms with Crippen LogP contribution in [0, 0.1) is 0 Å². The summed E-state index contributed by atoms with van der Waals surface area (Å²) in [6.07, 6.45) is -1.48. The Labute approximate surface area is 94.6 Å². The van der Waals surface area contributed by atoms with Gasteiger partial charge >= 0.3 is 10.3 Å². The molecule has 0 unspecified atom stereocenters. The van der Waals surface area contributed by atoms with E-state index in [0.29, 0.717) is 9.87 Å². The van der Waals surface area contributed by atoms with Crippen molar-refractivity contribution in [1.82, 2.24) is 4.31 Å². The highest BCUT2D eigenvalue weighted by atomic mass is 32.2. The molecule has 90 valence electrons. The molecule has 0 fully saturated rings. The first-order valence-corrected chi connectivity index (χ1v) is 6.13. The summed E-state index contributed by atoms with van der Waals surface area (Å²) in [4.78, 5) is 0. The quantitative estimate of drug-likeness (QED) is 0.824. The summed E-state index contributed by atoms with van der Waals surface area (Å²) >= 11 is 0. The van der Waals surface area contributed by atoms with Crippen LogP contribution < -0.4 is 0 Å². The largest absolute Gasteiger partial charge is 0.336 e. The lowest BCUT2D eigenvalue weighted by Crippen LogP contribution is -2.37. The molecule has 16 heavy (non-hydrogen) atoms. The second-order valence-corrected chi connectivity index (χ2v) is 5.02. The summed E-state index contributed by atoms with van der Waals surface area (Å²) < 4.78 is 44.9. The molecular weight excluding hydrogens is 232 g/mol. The normalized spacial score (nSPS) is 16.1. The van der Waals surface area contributed by atoms with E-state index in [0.717, 1.165) is 7.05 Å². The number of hydrogen-bond donors (Lipinski definition) is 1. The van der Waals surface area contributed by atoms with Crippen LogP contribution >= 0.6 is 0 Å². The average Bonchev–Trinajstić information content (AvgIpc) is 2.26. The molecular formula is C10H14FNO3S. The molecule has 0 amide bonds. The molecule has 0 spiro atoms. The van der Waals surface area contributed by atoms with Crippen molar-refractivity contribution in [3.8, 4) is 0 Å². The van der Waals surface area contributed by atoms with E-state index in [9.17, 15) is 12.8 Å². The van der Waals surface area contributed by atoms with Gasteiger partial charge in [0, 0.05) is 7.05 Å². The number of nitrogens with zero attached hydrogens (tertiary/aromatic N) is 1. The fourth-order valence-corrected chi connectivity index (χ4v) is 1.84. The Balaban J connectivity index is 2.87. The zero-order chi connectivity index (χ0) is 12.3. The van der Waals surface area contributed by atoms with Gasteiger partial charge in [-0.15, -0.1) is 0 Å². The maximum Gasteiger partial charge on any atom is 0.336 e. The second kappa shape index (κ2) is 4.90. The molecule has 2 atom stereocenters. The van der Waals surface area contributed by atoms with Crippen molar-refractivity contribution in [2.45, 2.75) is 19.1 Å². The van der Waals surface area contributed by atoms with Crippen LogP contribution in [0.25, 0.3) is 0 Å². The Kier molecular flexibility index (Phi) is 4.01. The Bertz CT molecular complexity index is 435. The molecule has 0 saturated heterocycles. The lowest BCUT2D eigenvalue weighted by molar-refractivity contribution is 0.202. The SMILES string of the molecule is C[C@@H]([C@H]([18F])c1ccccc1)N(C)S(=O)(=O)O. The zero-order valence-electron chi connectivity index (χ0n) is 9.04. The smallest absolute Gasteiger partial charge is 0.273 e. The van der Waals surface area contributed by atoms with Crippen molar-refractivity contribution < 1.29 is 17.4 Å². The molecule has 0 bridgehead atoms. The minimum absolute atomic E-state index is 0.380. The van der Waals surface area contributed by atoms with Crippen LogP contribution in [0.5, 0.6) is 0 Å². The van der Waals surface area contributed by atoms with Crippen LogP contribution in [0.15, 0.2) is 30.3 Å². The first-order chi connectivity index (χ1) is 7.34. The van der Waals surface area contributed by atoms with Gasteiger partial charge in [-0.3, -0.25) is 4.55 Å². The topological polar surface area (TPSA) is 57.6 Å². The third kappa shape index (κ3) is 3.01. The number of likely N-dealkylation sites (N-methyl/N-ethyl adjacent to an activating group) is 1. The van der Waals surface area contributed by atoms with Gasteiger partial charge in [-0.1, -0.05) is 30.3 Å². The predicted molar refractivity (Wildman–Crippen MR) is 59.1 cm³/mol. The summed E-state index contributed by atoms with van der Waals surface area (Å²) in [5, 5.41) is 0. The Morgan fingerprint density at radius 3 is 2.25 bits per heavy atom. The van der Waals surface area contributed by atoms with Crippen LogP contribution in [0.4, 0.5) is 4.39 Å². The van der Waals surface area contributed by atoms with Gasteiger partial charge in [-0.25, -0.2) is 4.39 Å². The summed E-state index contributed by atoms with van der Waals surface area (Å²) in [6.45, 7) is 1.39. The van der Waals surface area contributed by atoms with Gasteiger partial charge in [-0.2, -0.15) is 12.7 Å². The monoisotopic (exact) mass is 246 g/mol. The van der Waals surface area contributed by atoms with Crippen molar-refractivity contribution in [2.24, 2.45) is 0 Å². The molecule has 1 N–H and O–H groups in total. The molecule has 0 heterocycles. The van der Waals surface area contributed by atoms with Gasteiger partial charge in [0.25, 0.3) is 0 Å². The van der Waals surface area contributed by atoms with Crippen LogP contribution in [-0.4, -0.2) is 30.4 Å². The first kappa shape index (κ1) is 13.1. The first-order valence-electron chi connectivity index (χ1n) is 4.73. The Morgan fingerprint density at radius 1 is 1.31 bits per heavy atom. The van der Waals surface area contributed by atoms with Gasteiger partial charge < -0.3 is 0 Å². The predicted octanol–water partition coefficient (Wildman–Crippen LogP) is 1.82. The van der Waals surface area contributed by atoms with E-state index in [-0.39, 0.29) is 0 Å². The van der Waals surface area contributed by atoms with Crippen LogP contribution in [-0.2, 0) is 10.3 Å². The highest BCUT2D eigenvalue weighted by Gasteiger charge is 2.28. The van der Waals surface area contributed by atoms with Crippen molar-refractivity contribution in [1.29, 1.82) is 0 Å². The average molecular weight is 246 g/mol. The van der Waals surface area contributed by atoms with E-state index in [4.69, 9.17) is 4.55 Å². The summed E-state index contributed by atoms with van der Waals surface area (Å²) in [5.41, 5.74) is 0.380. The van der Waals surface area contributed by atoms with E-state index in [1.54, 1.807) is 30.3 Å². The Morgan fingerprint density at radius 2 is 1.81 bits per heavy atom. The molecule has 0 aliphatic carbocycles. The molecule has 6 heteroatoms. The van der Waals surface area contributed by atoms with E-state index in [2.05, 4.69) is 0 Å². The maximum atomic E-state index is 13.9. The highest BCUT2D eigenvalue weighted by Crippen LogP contribution is 2.24. The number of benzene rings is 1. The van der Waals surface area contributed by atoms with Gasteiger partial charge in [0.1, 0.15) is 6.17 Å². The lowest BCUT2D eigenvalue weighted by Gasteiger charge is -2.24. The molecule has 1 aromatic carbocycles. The number of hydrogen-bond acceptors (Lipinski definition) is 2. The molecule has 4 nitrogen and oxygen atoms in total. The van der Waals surface area contributed by atoms with Gasteiger partial charge in [0.05, 0.1) is 6.04 Å². The summed E-state index contributed by atoms with van der Waals surface area (Å²) in [6, 6.07) is 7.26. The maximum absolute atomic E-state index is 13.9. The van der Waals surface area contributed by atoms with Crippen LogP contribution in [0.1, 0.15) is 18.7 Å². The van der Waals surface area contributed by atoms with Crippen molar-refractivity contribution in [2.75, 3.05) is 7.05 Å². The van der Waals surface area contributed by atoms with Crippen LogP contribution in [0.3, 0.4) is 0 Å². The second-order valence-electron chi connectivity index (χ2n) is 3.55. The van der Waals surface area contributed by atoms with E-state index < -0.39 is 22.5 Å². The molecule has 0 aliphatic rings. The lowest BCUT2D eigenvalue weighted by atomic mass is 10.1. The summed E-state index contributed by atoms with van der Waals surface area (Å²) in [5.74, 6) is 0. The van der Waals surface area contributed by atoms with Crippen molar-refractivity contribution in [3.05, 3.63) is 35.9 Å². The van der Waals surface area contributed by atoms with E-state index in [1.165, 1.54) is 6.92 Å². The molecule has 1 aromatic rings. The van der Waals surface area contributed by atoms with E-state index in [1.807, 2.05) is 0 Å². The molecule has 0 aromatic heterocycles. The fraction of sp³-hybridized carbons (Fsp3) is 0.400. The van der Waals surface area contributed by atoms with Crippen molar-refractivity contribution >= 4 is 10.3 Å². The number of halogens is 1. The van der Waals surface area contributed by atoms with Crippen molar-refractivity contribution in [3.63, 3.8) is 0 Å². The fourth-order valence-electron chi connectivity index (χ4n) is 1.31. The van der Waals surface area contributed by atoms with E-state index >= 15 is 0 Å². The third-order valence-corrected chi connectivity index (χ3v) is 3.54. The molecule has 0 saturated carbocycles. The summed E-state index contributed by atoms with van der Waals surface area (Å²) in [7, 11) is -3.23.